The van der Waals surface area contributed by atoms with Crippen LogP contribution in [0, 0.1) is 7.14 Å². The van der Waals surface area contributed by atoms with Crippen LogP contribution in [-0.4, -0.2) is 25.0 Å². The number of hydrogen-bond acceptors (Lipinski definition) is 4. The minimum absolute atomic E-state index is 0.0268. The molecule has 0 atom stereocenters. The van der Waals surface area contributed by atoms with E-state index in [0.717, 1.165) is 7.14 Å². The highest BCUT2D eigenvalue weighted by molar-refractivity contribution is 14.1. The van der Waals surface area contributed by atoms with Crippen molar-refractivity contribution in [2.75, 3.05) is 7.11 Å². The molecule has 0 aromatic heterocycles. The number of amides is 2. The SMILES string of the molecule is COc1cc(C(NC(=O)c2cccc(I)c2)NC(=O)c2cccc(I)c2)ccc1OC(C)C. The zero-order valence-corrected chi connectivity index (χ0v) is 22.7. The Morgan fingerprint density at radius 1 is 0.788 bits per heavy atom. The molecule has 6 nitrogen and oxygen atoms in total. The molecule has 3 aromatic carbocycles. The Hall–Kier alpha value is -2.34. The third-order valence-electron chi connectivity index (χ3n) is 4.61. The molecule has 33 heavy (non-hydrogen) atoms. The number of hydrogen-bond donors (Lipinski definition) is 2. The number of halogens is 2. The lowest BCUT2D eigenvalue weighted by Gasteiger charge is -2.23. The lowest BCUT2D eigenvalue weighted by molar-refractivity contribution is 0.0883. The van der Waals surface area contributed by atoms with Crippen molar-refractivity contribution in [3.8, 4) is 11.5 Å². The molecular weight excluding hydrogens is 646 g/mol. The van der Waals surface area contributed by atoms with Crippen molar-refractivity contribution in [1.82, 2.24) is 10.6 Å². The van der Waals surface area contributed by atoms with E-state index in [4.69, 9.17) is 9.47 Å². The van der Waals surface area contributed by atoms with Gasteiger partial charge in [0, 0.05) is 18.3 Å². The molecule has 0 heterocycles. The molecule has 0 radical (unpaired) electrons. The van der Waals surface area contributed by atoms with Crippen LogP contribution in [0.15, 0.2) is 66.7 Å². The molecule has 0 spiro atoms. The number of benzene rings is 3. The lowest BCUT2D eigenvalue weighted by Crippen LogP contribution is -2.41. The number of methoxy groups -OCH3 is 1. The van der Waals surface area contributed by atoms with Gasteiger partial charge < -0.3 is 20.1 Å². The van der Waals surface area contributed by atoms with Crippen molar-refractivity contribution in [3.05, 3.63) is 90.6 Å². The molecule has 172 valence electrons. The quantitative estimate of drug-likeness (QED) is 0.244. The van der Waals surface area contributed by atoms with Crippen LogP contribution in [-0.2, 0) is 0 Å². The van der Waals surface area contributed by atoms with Crippen LogP contribution in [0.5, 0.6) is 11.5 Å². The van der Waals surface area contributed by atoms with Crippen LogP contribution < -0.4 is 20.1 Å². The number of carbonyl (C=O) groups is 2. The summed E-state index contributed by atoms with van der Waals surface area (Å²) in [7, 11) is 1.55. The summed E-state index contributed by atoms with van der Waals surface area (Å²) >= 11 is 4.31. The maximum absolute atomic E-state index is 13.0. The summed E-state index contributed by atoms with van der Waals surface area (Å²) in [4.78, 5) is 26.0. The molecule has 2 N–H and O–H groups in total. The predicted molar refractivity (Wildman–Crippen MR) is 145 cm³/mol. The van der Waals surface area contributed by atoms with Gasteiger partial charge in [-0.2, -0.15) is 0 Å². The second-order valence-electron chi connectivity index (χ2n) is 7.48. The standard InChI is InChI=1S/C25H24I2N2O4/c1-15(2)33-21-11-10-16(14-22(21)32-3)23(28-24(30)17-6-4-8-19(26)12-17)29-25(31)18-7-5-9-20(27)13-18/h4-15,23H,1-3H3,(H,28,30)(H,29,31). The fourth-order valence-electron chi connectivity index (χ4n) is 3.11. The second kappa shape index (κ2) is 11.7. The van der Waals surface area contributed by atoms with Crippen molar-refractivity contribution in [2.45, 2.75) is 26.1 Å². The first-order valence-electron chi connectivity index (χ1n) is 10.2. The number of ether oxygens (including phenoxy) is 2. The van der Waals surface area contributed by atoms with Gasteiger partial charge in [0.05, 0.1) is 13.2 Å². The second-order valence-corrected chi connectivity index (χ2v) is 9.97. The van der Waals surface area contributed by atoms with Crippen LogP contribution >= 0.6 is 45.2 Å². The first kappa shape index (κ1) is 25.3. The largest absolute Gasteiger partial charge is 0.493 e. The highest BCUT2D eigenvalue weighted by Gasteiger charge is 2.21. The molecule has 2 amide bonds. The minimum Gasteiger partial charge on any atom is -0.493 e. The Kier molecular flexibility index (Phi) is 8.95. The van der Waals surface area contributed by atoms with Gasteiger partial charge in [-0.05, 0) is 113 Å². The summed E-state index contributed by atoms with van der Waals surface area (Å²) < 4.78 is 13.2. The topological polar surface area (TPSA) is 76.7 Å². The fraction of sp³-hybridized carbons (Fsp3) is 0.200. The van der Waals surface area contributed by atoms with Gasteiger partial charge in [0.1, 0.15) is 6.17 Å². The Morgan fingerprint density at radius 3 is 1.79 bits per heavy atom. The minimum atomic E-state index is -0.789. The first-order chi connectivity index (χ1) is 15.8. The normalized spacial score (nSPS) is 10.8. The van der Waals surface area contributed by atoms with Gasteiger partial charge in [-0.1, -0.05) is 18.2 Å². The van der Waals surface area contributed by atoms with Crippen molar-refractivity contribution in [3.63, 3.8) is 0 Å². The van der Waals surface area contributed by atoms with E-state index in [9.17, 15) is 9.59 Å². The fourth-order valence-corrected chi connectivity index (χ4v) is 4.19. The third-order valence-corrected chi connectivity index (χ3v) is 5.95. The zero-order valence-electron chi connectivity index (χ0n) is 18.4. The van der Waals surface area contributed by atoms with Gasteiger partial charge in [0.25, 0.3) is 11.8 Å². The smallest absolute Gasteiger partial charge is 0.253 e. The number of nitrogens with one attached hydrogen (secondary N) is 2. The summed E-state index contributed by atoms with van der Waals surface area (Å²) in [6.07, 6.45) is -0.816. The molecule has 0 unspecified atom stereocenters. The van der Waals surface area contributed by atoms with Crippen molar-refractivity contribution >= 4 is 57.0 Å². The van der Waals surface area contributed by atoms with Gasteiger partial charge in [0.15, 0.2) is 11.5 Å². The maximum Gasteiger partial charge on any atom is 0.253 e. The molecule has 0 aliphatic carbocycles. The number of carbonyl (C=O) groups excluding carboxylic acids is 2. The molecule has 3 rings (SSSR count). The van der Waals surface area contributed by atoms with Crippen LogP contribution in [0.4, 0.5) is 0 Å². The van der Waals surface area contributed by atoms with Crippen molar-refractivity contribution in [1.29, 1.82) is 0 Å². The summed E-state index contributed by atoms with van der Waals surface area (Å²) in [5, 5.41) is 5.86. The first-order valence-corrected chi connectivity index (χ1v) is 12.4. The highest BCUT2D eigenvalue weighted by Crippen LogP contribution is 2.31. The van der Waals surface area contributed by atoms with Crippen LogP contribution in [0.2, 0.25) is 0 Å². The van der Waals surface area contributed by atoms with Gasteiger partial charge in [-0.15, -0.1) is 0 Å². The van der Waals surface area contributed by atoms with E-state index >= 15 is 0 Å². The lowest BCUT2D eigenvalue weighted by atomic mass is 10.1. The Labute approximate surface area is 220 Å². The van der Waals surface area contributed by atoms with Gasteiger partial charge in [0.2, 0.25) is 0 Å². The van der Waals surface area contributed by atoms with Gasteiger partial charge >= 0.3 is 0 Å². The Bertz CT molecular complexity index is 1090. The zero-order chi connectivity index (χ0) is 24.0. The van der Waals surface area contributed by atoms with E-state index in [1.807, 2.05) is 38.1 Å². The summed E-state index contributed by atoms with van der Waals surface area (Å²) in [6.45, 7) is 3.86. The molecule has 0 fully saturated rings. The molecule has 0 aliphatic rings. The average molecular weight is 670 g/mol. The van der Waals surface area contributed by atoms with Gasteiger partial charge in [-0.25, -0.2) is 0 Å². The third kappa shape index (κ3) is 7.07. The van der Waals surface area contributed by atoms with E-state index in [0.29, 0.717) is 28.2 Å². The molecule has 3 aromatic rings. The molecule has 8 heteroatoms. The molecule has 0 bridgehead atoms. The van der Waals surface area contributed by atoms with Crippen molar-refractivity contribution < 1.29 is 19.1 Å². The van der Waals surface area contributed by atoms with Crippen LogP contribution in [0.1, 0.15) is 46.3 Å². The summed E-state index contributed by atoms with van der Waals surface area (Å²) in [5.41, 5.74) is 1.66. The predicted octanol–water partition coefficient (Wildman–Crippen LogP) is 5.55. The highest BCUT2D eigenvalue weighted by atomic mass is 127. The monoisotopic (exact) mass is 670 g/mol. The number of rotatable bonds is 8. The summed E-state index contributed by atoms with van der Waals surface area (Å²) in [6, 6.07) is 19.8. The molecule has 0 saturated heterocycles. The Morgan fingerprint density at radius 2 is 1.33 bits per heavy atom. The molecule has 0 saturated carbocycles. The van der Waals surface area contributed by atoms with Crippen molar-refractivity contribution in [2.24, 2.45) is 0 Å². The van der Waals surface area contributed by atoms with Crippen LogP contribution in [0.25, 0.3) is 0 Å². The van der Waals surface area contributed by atoms with Crippen LogP contribution in [0.3, 0.4) is 0 Å². The van der Waals surface area contributed by atoms with E-state index in [-0.39, 0.29) is 17.9 Å². The van der Waals surface area contributed by atoms with Gasteiger partial charge in [-0.3, -0.25) is 9.59 Å². The summed E-state index contributed by atoms with van der Waals surface area (Å²) in [5.74, 6) is 0.493. The van der Waals surface area contributed by atoms with E-state index in [1.165, 1.54) is 0 Å². The molecule has 0 aliphatic heterocycles. The average Bonchev–Trinajstić information content (AvgIpc) is 2.78. The Balaban J connectivity index is 1.93. The molecular formula is C25H24I2N2O4. The van der Waals surface area contributed by atoms with E-state index in [2.05, 4.69) is 55.8 Å². The van der Waals surface area contributed by atoms with E-state index in [1.54, 1.807) is 49.6 Å². The van der Waals surface area contributed by atoms with E-state index < -0.39 is 6.17 Å². The maximum atomic E-state index is 13.0.